The molecule has 100 valence electrons. The molecular formula is C17H26O. The molecule has 18 heavy (non-hydrogen) atoms. The lowest BCUT2D eigenvalue weighted by Gasteiger charge is -2.16. The first-order chi connectivity index (χ1) is 8.50. The van der Waals surface area contributed by atoms with Gasteiger partial charge in [0.25, 0.3) is 0 Å². The summed E-state index contributed by atoms with van der Waals surface area (Å²) < 4.78 is 0. The van der Waals surface area contributed by atoms with Crippen molar-refractivity contribution in [3.63, 3.8) is 0 Å². The Morgan fingerprint density at radius 2 is 1.67 bits per heavy atom. The van der Waals surface area contributed by atoms with Gasteiger partial charge < -0.3 is 0 Å². The van der Waals surface area contributed by atoms with Crippen LogP contribution < -0.4 is 0 Å². The van der Waals surface area contributed by atoms with Gasteiger partial charge in [0.15, 0.2) is 0 Å². The smallest absolute Gasteiger partial charge is 0.136 e. The van der Waals surface area contributed by atoms with Gasteiger partial charge in [0.05, 0.1) is 0 Å². The number of Topliss-reactive ketones (excluding diaryl/α,β-unsaturated/α-hetero) is 1. The minimum Gasteiger partial charge on any atom is -0.299 e. The maximum Gasteiger partial charge on any atom is 0.136 e. The van der Waals surface area contributed by atoms with Gasteiger partial charge in [0.2, 0.25) is 0 Å². The second-order valence-corrected chi connectivity index (χ2v) is 5.53. The van der Waals surface area contributed by atoms with Gasteiger partial charge in [-0.1, -0.05) is 34.9 Å². The molecule has 0 fully saturated rings. The summed E-state index contributed by atoms with van der Waals surface area (Å²) in [5.41, 5.74) is 4.06. The number of rotatable bonds is 1. The molecule has 1 aliphatic rings. The molecule has 1 unspecified atom stereocenters. The van der Waals surface area contributed by atoms with Gasteiger partial charge in [-0.3, -0.25) is 4.79 Å². The van der Waals surface area contributed by atoms with E-state index in [1.807, 2.05) is 0 Å². The van der Waals surface area contributed by atoms with Gasteiger partial charge in [-0.2, -0.15) is 0 Å². The molecule has 0 aromatic rings. The maximum atomic E-state index is 11.7. The molecular weight excluding hydrogens is 220 g/mol. The molecule has 0 radical (unpaired) electrons. The molecule has 1 aliphatic carbocycles. The van der Waals surface area contributed by atoms with Crippen LogP contribution >= 0.6 is 0 Å². The molecule has 0 aliphatic heterocycles. The molecule has 0 bridgehead atoms. The Balaban J connectivity index is 2.90. The number of carbonyl (C=O) groups is 1. The quantitative estimate of drug-likeness (QED) is 0.595. The SMILES string of the molecule is CC(=O)C1CC/C(C)=C/CC/C=C(\C)C/C=C/1C. The molecule has 1 rings (SSSR count). The summed E-state index contributed by atoms with van der Waals surface area (Å²) in [5, 5.41) is 0. The van der Waals surface area contributed by atoms with Crippen LogP contribution in [-0.2, 0) is 4.79 Å². The lowest BCUT2D eigenvalue weighted by molar-refractivity contribution is -0.119. The molecule has 0 spiro atoms. The minimum atomic E-state index is 0.112. The molecule has 0 heterocycles. The highest BCUT2D eigenvalue weighted by molar-refractivity contribution is 5.81. The van der Waals surface area contributed by atoms with Crippen LogP contribution in [0.4, 0.5) is 0 Å². The van der Waals surface area contributed by atoms with Crippen molar-refractivity contribution >= 4 is 5.78 Å². The van der Waals surface area contributed by atoms with E-state index >= 15 is 0 Å². The second-order valence-electron chi connectivity index (χ2n) is 5.53. The van der Waals surface area contributed by atoms with Crippen molar-refractivity contribution in [3.8, 4) is 0 Å². The summed E-state index contributed by atoms with van der Waals surface area (Å²) in [7, 11) is 0. The fraction of sp³-hybridized carbons (Fsp3) is 0.588. The van der Waals surface area contributed by atoms with Crippen molar-refractivity contribution in [1.82, 2.24) is 0 Å². The summed E-state index contributed by atoms with van der Waals surface area (Å²) in [6.07, 6.45) is 12.1. The Morgan fingerprint density at radius 1 is 1.06 bits per heavy atom. The van der Waals surface area contributed by atoms with Crippen LogP contribution in [0.25, 0.3) is 0 Å². The molecule has 0 aromatic carbocycles. The number of carbonyl (C=O) groups excluding carboxylic acids is 1. The fourth-order valence-electron chi connectivity index (χ4n) is 2.43. The van der Waals surface area contributed by atoms with Gasteiger partial charge in [-0.25, -0.2) is 0 Å². The Labute approximate surface area is 112 Å². The van der Waals surface area contributed by atoms with Gasteiger partial charge in [0.1, 0.15) is 5.78 Å². The average molecular weight is 246 g/mol. The van der Waals surface area contributed by atoms with Crippen LogP contribution in [0.2, 0.25) is 0 Å². The molecule has 1 atom stereocenters. The summed E-state index contributed by atoms with van der Waals surface area (Å²) in [6.45, 7) is 8.17. The van der Waals surface area contributed by atoms with Gasteiger partial charge >= 0.3 is 0 Å². The number of hydrogen-bond donors (Lipinski definition) is 0. The molecule has 0 aromatic heterocycles. The fourth-order valence-corrected chi connectivity index (χ4v) is 2.43. The van der Waals surface area contributed by atoms with E-state index in [0.717, 1.165) is 32.1 Å². The van der Waals surface area contributed by atoms with Crippen molar-refractivity contribution in [1.29, 1.82) is 0 Å². The lowest BCUT2D eigenvalue weighted by Crippen LogP contribution is -2.12. The third-order valence-corrected chi connectivity index (χ3v) is 3.77. The number of hydrogen-bond acceptors (Lipinski definition) is 1. The van der Waals surface area contributed by atoms with Crippen LogP contribution in [0.5, 0.6) is 0 Å². The van der Waals surface area contributed by atoms with Crippen molar-refractivity contribution < 1.29 is 4.79 Å². The van der Waals surface area contributed by atoms with E-state index < -0.39 is 0 Å². The van der Waals surface area contributed by atoms with Crippen LogP contribution in [0.3, 0.4) is 0 Å². The predicted molar refractivity (Wildman–Crippen MR) is 78.5 cm³/mol. The Bertz CT molecular complexity index is 382. The van der Waals surface area contributed by atoms with Crippen molar-refractivity contribution in [2.24, 2.45) is 5.92 Å². The maximum absolute atomic E-state index is 11.7. The van der Waals surface area contributed by atoms with E-state index in [4.69, 9.17) is 0 Å². The van der Waals surface area contributed by atoms with E-state index in [2.05, 4.69) is 39.0 Å². The number of ketones is 1. The summed E-state index contributed by atoms with van der Waals surface area (Å²) >= 11 is 0. The summed E-state index contributed by atoms with van der Waals surface area (Å²) in [4.78, 5) is 11.7. The van der Waals surface area contributed by atoms with E-state index in [1.165, 1.54) is 16.7 Å². The van der Waals surface area contributed by atoms with Gasteiger partial charge in [-0.15, -0.1) is 0 Å². The monoisotopic (exact) mass is 246 g/mol. The Morgan fingerprint density at radius 3 is 2.28 bits per heavy atom. The lowest BCUT2D eigenvalue weighted by atomic mass is 9.88. The largest absolute Gasteiger partial charge is 0.299 e. The predicted octanol–water partition coefficient (Wildman–Crippen LogP) is 4.99. The van der Waals surface area contributed by atoms with E-state index in [9.17, 15) is 4.79 Å². The zero-order valence-corrected chi connectivity index (χ0v) is 12.3. The third-order valence-electron chi connectivity index (χ3n) is 3.77. The molecule has 0 saturated carbocycles. The first-order valence-corrected chi connectivity index (χ1v) is 6.99. The zero-order chi connectivity index (χ0) is 13.5. The van der Waals surface area contributed by atoms with Gasteiger partial charge in [0, 0.05) is 5.92 Å². The Hall–Kier alpha value is -1.11. The highest BCUT2D eigenvalue weighted by Gasteiger charge is 2.16. The van der Waals surface area contributed by atoms with Gasteiger partial charge in [-0.05, 0) is 59.8 Å². The average Bonchev–Trinajstić information content (AvgIpc) is 2.30. The zero-order valence-electron chi connectivity index (χ0n) is 12.3. The topological polar surface area (TPSA) is 17.1 Å². The normalized spacial score (nSPS) is 31.8. The number of allylic oxidation sites excluding steroid dienone is 6. The molecule has 0 saturated heterocycles. The van der Waals surface area contributed by atoms with E-state index in [1.54, 1.807) is 6.92 Å². The standard InChI is InChI=1S/C17H26O/c1-13-7-5-6-8-14(2)10-12-17(16(4)18)15(3)11-9-13/h7-8,11,17H,5-6,9-10,12H2,1-4H3/b13-7+,14-8+,15-11+. The summed E-state index contributed by atoms with van der Waals surface area (Å²) in [6, 6.07) is 0. The van der Waals surface area contributed by atoms with Crippen LogP contribution in [0, 0.1) is 5.92 Å². The first kappa shape index (κ1) is 14.9. The van der Waals surface area contributed by atoms with E-state index in [-0.39, 0.29) is 5.92 Å². The van der Waals surface area contributed by atoms with Crippen molar-refractivity contribution in [2.45, 2.75) is 59.8 Å². The van der Waals surface area contributed by atoms with Crippen LogP contribution in [-0.4, -0.2) is 5.78 Å². The van der Waals surface area contributed by atoms with Crippen molar-refractivity contribution in [3.05, 3.63) is 34.9 Å². The van der Waals surface area contributed by atoms with Crippen LogP contribution in [0.15, 0.2) is 34.9 Å². The van der Waals surface area contributed by atoms with Crippen LogP contribution in [0.1, 0.15) is 59.8 Å². The van der Waals surface area contributed by atoms with E-state index in [0.29, 0.717) is 5.78 Å². The minimum absolute atomic E-state index is 0.112. The van der Waals surface area contributed by atoms with Crippen molar-refractivity contribution in [2.75, 3.05) is 0 Å². The highest BCUT2D eigenvalue weighted by atomic mass is 16.1. The molecule has 1 heteroatoms. The molecule has 1 nitrogen and oxygen atoms in total. The second kappa shape index (κ2) is 7.35. The highest BCUT2D eigenvalue weighted by Crippen LogP contribution is 2.23. The molecule has 0 N–H and O–H groups in total. The first-order valence-electron chi connectivity index (χ1n) is 6.99. The summed E-state index contributed by atoms with van der Waals surface area (Å²) in [5.74, 6) is 0.413. The Kier molecular flexibility index (Phi) is 6.11. The molecule has 0 amide bonds. The third kappa shape index (κ3) is 5.03.